The third-order valence-corrected chi connectivity index (χ3v) is 6.34. The zero-order valence-corrected chi connectivity index (χ0v) is 17.7. The molecule has 2 saturated heterocycles. The van der Waals surface area contributed by atoms with Gasteiger partial charge in [0.2, 0.25) is 0 Å². The number of carbonyl (C=O) groups is 1. The van der Waals surface area contributed by atoms with E-state index in [-0.39, 0.29) is 17.9 Å². The third kappa shape index (κ3) is 5.41. The Morgan fingerprint density at radius 3 is 2.65 bits per heavy atom. The van der Waals surface area contributed by atoms with Gasteiger partial charge in [-0.05, 0) is 62.4 Å². The molecule has 0 unspecified atom stereocenters. The van der Waals surface area contributed by atoms with Gasteiger partial charge in [-0.15, -0.1) is 0 Å². The lowest BCUT2D eigenvalue weighted by atomic mass is 9.95. The van der Waals surface area contributed by atoms with Crippen LogP contribution in [0.25, 0.3) is 0 Å². The molecule has 0 saturated carbocycles. The third-order valence-electron chi connectivity index (χ3n) is 6.34. The molecule has 0 aliphatic carbocycles. The van der Waals surface area contributed by atoms with Crippen molar-refractivity contribution in [3.63, 3.8) is 0 Å². The van der Waals surface area contributed by atoms with Gasteiger partial charge < -0.3 is 26.4 Å². The van der Waals surface area contributed by atoms with Gasteiger partial charge in [-0.25, -0.2) is 4.39 Å². The number of hydrogen-bond donors (Lipinski definition) is 3. The first-order valence-corrected chi connectivity index (χ1v) is 11.0. The Kier molecular flexibility index (Phi) is 6.84. The Morgan fingerprint density at radius 1 is 1.23 bits per heavy atom. The van der Waals surface area contributed by atoms with Crippen LogP contribution in [0, 0.1) is 11.7 Å². The number of nitrogens with two attached hydrogens (primary N) is 2. The molecule has 8 nitrogen and oxygen atoms in total. The van der Waals surface area contributed by atoms with Gasteiger partial charge in [0.15, 0.2) is 5.82 Å². The molecule has 0 spiro atoms. The van der Waals surface area contributed by atoms with E-state index >= 15 is 0 Å². The summed E-state index contributed by atoms with van der Waals surface area (Å²) in [5.41, 5.74) is 13.0. The van der Waals surface area contributed by atoms with E-state index in [2.05, 4.69) is 15.3 Å². The zero-order valence-electron chi connectivity index (χ0n) is 17.7. The molecular weight excluding hydrogens is 399 g/mol. The molecule has 2 aromatic rings. The Morgan fingerprint density at radius 2 is 1.97 bits per heavy atom. The molecule has 168 valence electrons. The minimum atomic E-state index is -0.571. The Hall–Kier alpha value is -2.49. The highest BCUT2D eigenvalue weighted by Crippen LogP contribution is 2.27. The van der Waals surface area contributed by atoms with Crippen LogP contribution in [-0.4, -0.2) is 59.5 Å². The lowest BCUT2D eigenvalue weighted by molar-refractivity contribution is 0.0572. The van der Waals surface area contributed by atoms with E-state index < -0.39 is 5.91 Å². The number of ether oxygens (including phenoxy) is 1. The van der Waals surface area contributed by atoms with E-state index in [0.717, 1.165) is 58.0 Å². The van der Waals surface area contributed by atoms with Gasteiger partial charge in [0, 0.05) is 44.2 Å². The fraction of sp³-hybridized carbons (Fsp3) is 0.545. The molecule has 0 bridgehead atoms. The summed E-state index contributed by atoms with van der Waals surface area (Å²) >= 11 is 0. The van der Waals surface area contributed by atoms with Crippen molar-refractivity contribution in [2.75, 3.05) is 38.2 Å². The van der Waals surface area contributed by atoms with Crippen LogP contribution in [0.3, 0.4) is 0 Å². The number of anilines is 2. The van der Waals surface area contributed by atoms with Crippen LogP contribution < -0.4 is 16.8 Å². The van der Waals surface area contributed by atoms with Crippen LogP contribution in [0.15, 0.2) is 30.5 Å². The predicted octanol–water partition coefficient (Wildman–Crippen LogP) is 2.26. The second kappa shape index (κ2) is 9.76. The molecule has 2 atom stereocenters. The summed E-state index contributed by atoms with van der Waals surface area (Å²) in [5, 5.41) is 7.63. The maximum absolute atomic E-state index is 13.2. The van der Waals surface area contributed by atoms with Crippen molar-refractivity contribution in [1.29, 1.82) is 0 Å². The zero-order chi connectivity index (χ0) is 21.8. The van der Waals surface area contributed by atoms with Gasteiger partial charge in [-0.3, -0.25) is 9.48 Å². The largest absolute Gasteiger partial charge is 0.381 e. The Bertz CT molecular complexity index is 881. The number of aromatic nitrogens is 2. The van der Waals surface area contributed by atoms with Crippen molar-refractivity contribution in [3.05, 3.63) is 41.8 Å². The number of rotatable bonds is 7. The average molecular weight is 431 g/mol. The van der Waals surface area contributed by atoms with Crippen LogP contribution >= 0.6 is 0 Å². The van der Waals surface area contributed by atoms with E-state index in [9.17, 15) is 9.18 Å². The van der Waals surface area contributed by atoms with E-state index in [0.29, 0.717) is 17.1 Å². The van der Waals surface area contributed by atoms with Gasteiger partial charge in [0.25, 0.3) is 5.91 Å². The molecule has 1 aromatic carbocycles. The summed E-state index contributed by atoms with van der Waals surface area (Å²) in [6, 6.07) is 5.75. The summed E-state index contributed by atoms with van der Waals surface area (Å²) < 4.78 is 20.4. The van der Waals surface area contributed by atoms with E-state index in [1.54, 1.807) is 23.0 Å². The van der Waals surface area contributed by atoms with Crippen LogP contribution in [-0.2, 0) is 4.74 Å². The predicted molar refractivity (Wildman–Crippen MR) is 117 cm³/mol. The SMILES string of the molecule is NC(=O)c1cn([C@@H]2CCN(CCC3CCOCC3)C[C@H]2N)nc1Nc1ccc(F)cc1. The van der Waals surface area contributed by atoms with Crippen molar-refractivity contribution in [3.8, 4) is 0 Å². The van der Waals surface area contributed by atoms with Crippen molar-refractivity contribution < 1.29 is 13.9 Å². The van der Waals surface area contributed by atoms with Crippen molar-refractivity contribution in [2.24, 2.45) is 17.4 Å². The average Bonchev–Trinajstić information content (AvgIpc) is 3.18. The van der Waals surface area contributed by atoms with Crippen LogP contribution in [0.4, 0.5) is 15.9 Å². The molecule has 1 amide bonds. The summed E-state index contributed by atoms with van der Waals surface area (Å²) in [7, 11) is 0. The van der Waals surface area contributed by atoms with Gasteiger partial charge in [0.1, 0.15) is 11.4 Å². The minimum Gasteiger partial charge on any atom is -0.381 e. The molecule has 31 heavy (non-hydrogen) atoms. The number of primary amides is 1. The molecule has 0 radical (unpaired) electrons. The van der Waals surface area contributed by atoms with Gasteiger partial charge in [0.05, 0.1) is 6.04 Å². The monoisotopic (exact) mass is 430 g/mol. The number of benzene rings is 1. The molecule has 9 heteroatoms. The summed E-state index contributed by atoms with van der Waals surface area (Å²) in [6.07, 6.45) is 5.99. The molecule has 5 N–H and O–H groups in total. The fourth-order valence-electron chi connectivity index (χ4n) is 4.48. The molecule has 4 rings (SSSR count). The van der Waals surface area contributed by atoms with Gasteiger partial charge >= 0.3 is 0 Å². The lowest BCUT2D eigenvalue weighted by Crippen LogP contribution is -2.49. The highest BCUT2D eigenvalue weighted by Gasteiger charge is 2.30. The molecule has 3 heterocycles. The first-order chi connectivity index (χ1) is 15.0. The number of nitrogens with zero attached hydrogens (tertiary/aromatic N) is 3. The maximum Gasteiger partial charge on any atom is 0.254 e. The topological polar surface area (TPSA) is 111 Å². The standard InChI is InChI=1S/C22H31FN6O2/c23-16-1-3-17(4-2-16)26-22-18(21(25)30)13-29(27-22)20-6-10-28(14-19(20)24)9-5-15-7-11-31-12-8-15/h1-4,13,15,19-20H,5-12,14,24H2,(H2,25,30)(H,26,27)/t19-,20-/m1/s1. The molecule has 2 fully saturated rings. The Balaban J connectivity index is 1.39. The highest BCUT2D eigenvalue weighted by atomic mass is 19.1. The normalized spacial score (nSPS) is 23.0. The van der Waals surface area contributed by atoms with Gasteiger partial charge in [-0.2, -0.15) is 5.10 Å². The van der Waals surface area contributed by atoms with E-state index in [4.69, 9.17) is 16.2 Å². The number of nitrogens with one attached hydrogen (secondary N) is 1. The van der Waals surface area contributed by atoms with Crippen LogP contribution in [0.1, 0.15) is 42.1 Å². The van der Waals surface area contributed by atoms with Crippen molar-refractivity contribution in [1.82, 2.24) is 14.7 Å². The number of halogens is 1. The van der Waals surface area contributed by atoms with E-state index in [1.165, 1.54) is 18.6 Å². The number of amides is 1. The quantitative estimate of drug-likeness (QED) is 0.621. The number of hydrogen-bond acceptors (Lipinski definition) is 6. The lowest BCUT2D eigenvalue weighted by Gasteiger charge is -2.37. The smallest absolute Gasteiger partial charge is 0.254 e. The second-order valence-corrected chi connectivity index (χ2v) is 8.53. The van der Waals surface area contributed by atoms with E-state index in [1.807, 2.05) is 0 Å². The molecule has 1 aromatic heterocycles. The van der Waals surface area contributed by atoms with Crippen LogP contribution in [0.5, 0.6) is 0 Å². The van der Waals surface area contributed by atoms with Gasteiger partial charge in [-0.1, -0.05) is 0 Å². The molecule has 2 aliphatic heterocycles. The minimum absolute atomic E-state index is 0.0128. The number of likely N-dealkylation sites (tertiary alicyclic amines) is 1. The summed E-state index contributed by atoms with van der Waals surface area (Å²) in [6.45, 7) is 4.53. The number of carbonyl (C=O) groups excluding carboxylic acids is 1. The van der Waals surface area contributed by atoms with Crippen LogP contribution in [0.2, 0.25) is 0 Å². The summed E-state index contributed by atoms with van der Waals surface area (Å²) in [5.74, 6) is 0.194. The first-order valence-electron chi connectivity index (χ1n) is 11.0. The van der Waals surface area contributed by atoms with Crippen molar-refractivity contribution in [2.45, 2.75) is 37.8 Å². The van der Waals surface area contributed by atoms with Crippen molar-refractivity contribution >= 4 is 17.4 Å². The second-order valence-electron chi connectivity index (χ2n) is 8.53. The maximum atomic E-state index is 13.2. The molecular formula is C22H31FN6O2. The number of piperidine rings is 1. The molecule has 2 aliphatic rings. The summed E-state index contributed by atoms with van der Waals surface area (Å²) in [4.78, 5) is 14.4. The Labute approximate surface area is 181 Å². The first kappa shape index (κ1) is 21.7. The highest BCUT2D eigenvalue weighted by molar-refractivity contribution is 5.98. The fourth-order valence-corrected chi connectivity index (χ4v) is 4.48.